The van der Waals surface area contributed by atoms with E-state index in [9.17, 15) is 26.7 Å². The fraction of sp³-hybridized carbons (Fsp3) is 0.222. The third-order valence-electron chi connectivity index (χ3n) is 1.93. The van der Waals surface area contributed by atoms with Crippen molar-refractivity contribution < 1.29 is 36.2 Å². The predicted octanol–water partition coefficient (Wildman–Crippen LogP) is 2.75. The summed E-state index contributed by atoms with van der Waals surface area (Å²) in [5.74, 6) is -3.78. The van der Waals surface area contributed by atoms with Crippen molar-refractivity contribution in [1.29, 1.82) is 0 Å². The topological polar surface area (TPSA) is 35.5 Å². The van der Waals surface area contributed by atoms with E-state index in [4.69, 9.17) is 0 Å². The van der Waals surface area contributed by atoms with Crippen molar-refractivity contribution in [2.75, 3.05) is 0 Å². The zero-order chi connectivity index (χ0) is 12.8. The number of ether oxygens (including phenoxy) is 2. The van der Waals surface area contributed by atoms with Crippen LogP contribution in [-0.4, -0.2) is 18.3 Å². The molecule has 1 aliphatic rings. The Labute approximate surface area is 90.7 Å². The number of hydrogen-bond acceptors (Lipinski definition) is 3. The van der Waals surface area contributed by atoms with Crippen LogP contribution in [0.15, 0.2) is 18.2 Å². The standard InChI is InChI=1S/C9H3F5O3/c10-8(11,12)7(15)4-2-1-3-5-6(4)17-9(13,14)16-5/h1-3H. The highest BCUT2D eigenvalue weighted by molar-refractivity contribution is 6.03. The maximum absolute atomic E-state index is 12.6. The van der Waals surface area contributed by atoms with E-state index >= 15 is 0 Å². The Kier molecular flexibility index (Phi) is 2.27. The van der Waals surface area contributed by atoms with Gasteiger partial charge in [0.1, 0.15) is 0 Å². The quantitative estimate of drug-likeness (QED) is 0.571. The number of fused-ring (bicyclic) bond motifs is 1. The van der Waals surface area contributed by atoms with E-state index in [2.05, 4.69) is 9.47 Å². The van der Waals surface area contributed by atoms with Gasteiger partial charge >= 0.3 is 12.5 Å². The van der Waals surface area contributed by atoms with Gasteiger partial charge in [0, 0.05) is 0 Å². The summed E-state index contributed by atoms with van der Waals surface area (Å²) >= 11 is 0. The van der Waals surface area contributed by atoms with E-state index < -0.39 is 35.3 Å². The van der Waals surface area contributed by atoms with Crippen LogP contribution >= 0.6 is 0 Å². The molecule has 8 heteroatoms. The second kappa shape index (κ2) is 3.31. The maximum Gasteiger partial charge on any atom is 0.586 e. The summed E-state index contributed by atoms with van der Waals surface area (Å²) in [6.07, 6.45) is -9.24. The van der Waals surface area contributed by atoms with Crippen LogP contribution in [0, 0.1) is 0 Å². The third-order valence-corrected chi connectivity index (χ3v) is 1.93. The molecule has 1 aliphatic heterocycles. The molecule has 92 valence electrons. The molecule has 1 heterocycles. The van der Waals surface area contributed by atoms with Gasteiger partial charge in [-0.05, 0) is 12.1 Å². The lowest BCUT2D eigenvalue weighted by Gasteiger charge is -2.08. The molecule has 0 N–H and O–H groups in total. The number of ketones is 1. The van der Waals surface area contributed by atoms with Crippen molar-refractivity contribution in [3.8, 4) is 11.5 Å². The van der Waals surface area contributed by atoms with Crippen molar-refractivity contribution >= 4 is 5.78 Å². The zero-order valence-electron chi connectivity index (χ0n) is 7.85. The summed E-state index contributed by atoms with van der Waals surface area (Å²) in [5, 5.41) is 0. The minimum Gasteiger partial charge on any atom is -0.395 e. The van der Waals surface area contributed by atoms with Crippen LogP contribution in [0.2, 0.25) is 0 Å². The first-order chi connectivity index (χ1) is 7.71. The second-order valence-corrected chi connectivity index (χ2v) is 3.13. The Morgan fingerprint density at radius 3 is 2.41 bits per heavy atom. The molecule has 0 radical (unpaired) electrons. The van der Waals surface area contributed by atoms with Crippen molar-refractivity contribution in [3.05, 3.63) is 23.8 Å². The summed E-state index contributed by atoms with van der Waals surface area (Å²) in [6, 6.07) is 2.70. The number of para-hydroxylation sites is 1. The molecule has 3 nitrogen and oxygen atoms in total. The smallest absolute Gasteiger partial charge is 0.395 e. The summed E-state index contributed by atoms with van der Waals surface area (Å²) in [4.78, 5) is 10.9. The number of alkyl halides is 5. The van der Waals surface area contributed by atoms with E-state index in [1.807, 2.05) is 0 Å². The average Bonchev–Trinajstić information content (AvgIpc) is 2.48. The van der Waals surface area contributed by atoms with Crippen LogP contribution in [0.4, 0.5) is 22.0 Å². The van der Waals surface area contributed by atoms with Gasteiger partial charge in [0.2, 0.25) is 0 Å². The van der Waals surface area contributed by atoms with Crippen molar-refractivity contribution in [1.82, 2.24) is 0 Å². The first-order valence-corrected chi connectivity index (χ1v) is 4.21. The SMILES string of the molecule is O=C(c1cccc2c1OC(F)(F)O2)C(F)(F)F. The Balaban J connectivity index is 2.47. The molecule has 17 heavy (non-hydrogen) atoms. The second-order valence-electron chi connectivity index (χ2n) is 3.13. The molecular weight excluding hydrogens is 251 g/mol. The number of benzene rings is 1. The molecule has 0 saturated heterocycles. The molecule has 0 saturated carbocycles. The number of hydrogen-bond donors (Lipinski definition) is 0. The average molecular weight is 254 g/mol. The highest BCUT2D eigenvalue weighted by Crippen LogP contribution is 2.44. The third kappa shape index (κ3) is 2.02. The Morgan fingerprint density at radius 2 is 1.82 bits per heavy atom. The van der Waals surface area contributed by atoms with Gasteiger partial charge in [-0.25, -0.2) is 0 Å². The molecule has 0 unspecified atom stereocenters. The fourth-order valence-corrected chi connectivity index (χ4v) is 1.30. The summed E-state index contributed by atoms with van der Waals surface area (Å²) in [5.41, 5.74) is -1.01. The lowest BCUT2D eigenvalue weighted by Crippen LogP contribution is -2.27. The van der Waals surface area contributed by atoms with Crippen molar-refractivity contribution in [2.45, 2.75) is 12.5 Å². The normalized spacial score (nSPS) is 17.0. The molecule has 0 aliphatic carbocycles. The molecular formula is C9H3F5O3. The van der Waals surface area contributed by atoms with Gasteiger partial charge < -0.3 is 9.47 Å². The van der Waals surface area contributed by atoms with Crippen LogP contribution in [0.3, 0.4) is 0 Å². The molecule has 1 aromatic rings. The molecule has 2 rings (SSSR count). The van der Waals surface area contributed by atoms with E-state index in [0.29, 0.717) is 0 Å². The first kappa shape index (κ1) is 11.6. The van der Waals surface area contributed by atoms with Gasteiger partial charge in [-0.1, -0.05) is 6.07 Å². The van der Waals surface area contributed by atoms with E-state index in [0.717, 1.165) is 18.2 Å². The van der Waals surface area contributed by atoms with Crippen LogP contribution in [0.25, 0.3) is 0 Å². The largest absolute Gasteiger partial charge is 0.586 e. The van der Waals surface area contributed by atoms with Gasteiger partial charge in [0.05, 0.1) is 5.56 Å². The maximum atomic E-state index is 12.6. The number of carbonyl (C=O) groups is 1. The number of halogens is 5. The van der Waals surface area contributed by atoms with Gasteiger partial charge in [0.25, 0.3) is 5.78 Å². The fourth-order valence-electron chi connectivity index (χ4n) is 1.30. The predicted molar refractivity (Wildman–Crippen MR) is 43.0 cm³/mol. The van der Waals surface area contributed by atoms with Crippen LogP contribution in [0.5, 0.6) is 11.5 Å². The Bertz CT molecular complexity index is 480. The van der Waals surface area contributed by atoms with Gasteiger partial charge in [-0.15, -0.1) is 8.78 Å². The number of Topliss-reactive ketones (excluding diaryl/α,β-unsaturated/α-hetero) is 1. The number of carbonyl (C=O) groups excluding carboxylic acids is 1. The first-order valence-electron chi connectivity index (χ1n) is 4.21. The Morgan fingerprint density at radius 1 is 1.18 bits per heavy atom. The molecule has 0 spiro atoms. The minimum absolute atomic E-state index is 0.606. The molecule has 0 atom stereocenters. The monoisotopic (exact) mass is 254 g/mol. The van der Waals surface area contributed by atoms with Crippen LogP contribution in [-0.2, 0) is 0 Å². The van der Waals surface area contributed by atoms with Crippen LogP contribution in [0.1, 0.15) is 10.4 Å². The summed E-state index contributed by atoms with van der Waals surface area (Å²) < 4.78 is 69.6. The lowest BCUT2D eigenvalue weighted by molar-refractivity contribution is -0.286. The molecule has 1 aromatic carbocycles. The highest BCUT2D eigenvalue weighted by Gasteiger charge is 2.48. The van der Waals surface area contributed by atoms with Gasteiger partial charge in [0.15, 0.2) is 11.5 Å². The molecule has 0 fully saturated rings. The van der Waals surface area contributed by atoms with Crippen molar-refractivity contribution in [3.63, 3.8) is 0 Å². The van der Waals surface area contributed by atoms with Gasteiger partial charge in [-0.3, -0.25) is 4.79 Å². The van der Waals surface area contributed by atoms with E-state index in [1.54, 1.807) is 0 Å². The summed E-state index contributed by atoms with van der Waals surface area (Å²) in [6.45, 7) is 0. The zero-order valence-corrected chi connectivity index (χ0v) is 7.85. The highest BCUT2D eigenvalue weighted by atomic mass is 19.4. The lowest BCUT2D eigenvalue weighted by atomic mass is 10.1. The van der Waals surface area contributed by atoms with E-state index in [1.165, 1.54) is 0 Å². The molecule has 0 aromatic heterocycles. The molecule has 0 amide bonds. The Hall–Kier alpha value is -1.86. The van der Waals surface area contributed by atoms with E-state index in [-0.39, 0.29) is 0 Å². The van der Waals surface area contributed by atoms with Crippen molar-refractivity contribution in [2.24, 2.45) is 0 Å². The summed E-state index contributed by atoms with van der Waals surface area (Å²) in [7, 11) is 0. The van der Waals surface area contributed by atoms with Gasteiger partial charge in [-0.2, -0.15) is 13.2 Å². The van der Waals surface area contributed by atoms with Crippen LogP contribution < -0.4 is 9.47 Å². The molecule has 0 bridgehead atoms. The minimum atomic E-state index is -5.17. The number of rotatable bonds is 1.